The van der Waals surface area contributed by atoms with Crippen LogP contribution in [0.1, 0.15) is 0 Å². The van der Waals surface area contributed by atoms with Gasteiger partial charge in [0, 0.05) is 67.0 Å². The first-order chi connectivity index (χ1) is 52.1. The molecule has 0 saturated heterocycles. The second kappa shape index (κ2) is 25.6. The van der Waals surface area contributed by atoms with Crippen LogP contribution >= 0.6 is 0 Å². The first-order valence-electron chi connectivity index (χ1n) is 35.9. The molecule has 0 saturated carbocycles. The monoisotopic (exact) mass is 1340 g/mol. The van der Waals surface area contributed by atoms with Crippen LogP contribution < -0.4 is 0 Å². The molecule has 20 aromatic rings. The Morgan fingerprint density at radius 3 is 0.590 bits per heavy atom. The largest absolute Gasteiger partial charge is 0.306 e. The van der Waals surface area contributed by atoms with E-state index in [2.05, 4.69) is 384 Å². The van der Waals surface area contributed by atoms with Gasteiger partial charge >= 0.3 is 0 Å². The summed E-state index contributed by atoms with van der Waals surface area (Å²) in [5, 5.41) is 6.84. The third-order valence-electron chi connectivity index (χ3n) is 21.2. The quantitative estimate of drug-likeness (QED) is 0.115. The van der Waals surface area contributed by atoms with Crippen molar-refractivity contribution in [2.75, 3.05) is 0 Å². The summed E-state index contributed by atoms with van der Waals surface area (Å²) in [6, 6.07) is 141. The summed E-state index contributed by atoms with van der Waals surface area (Å²) in [5.41, 5.74) is 31.3. The zero-order chi connectivity index (χ0) is 69.3. The van der Waals surface area contributed by atoms with E-state index in [1.165, 1.54) is 0 Å². The molecule has 5 heteroatoms. The number of pyridine rings is 2. The molecule has 15 aromatic carbocycles. The minimum Gasteiger partial charge on any atom is -0.306 e. The Morgan fingerprint density at radius 2 is 0.362 bits per heavy atom. The summed E-state index contributed by atoms with van der Waals surface area (Å²) < 4.78 is 7.87. The van der Waals surface area contributed by atoms with Crippen molar-refractivity contribution < 1.29 is 0 Å². The summed E-state index contributed by atoms with van der Waals surface area (Å²) in [7, 11) is 0. The fourth-order valence-corrected chi connectivity index (χ4v) is 16.1. The zero-order valence-corrected chi connectivity index (χ0v) is 57.3. The Morgan fingerprint density at radius 1 is 0.152 bits per heavy atom. The third-order valence-corrected chi connectivity index (χ3v) is 21.2. The van der Waals surface area contributed by atoms with Gasteiger partial charge in [-0.25, -0.2) is 0 Å². The third kappa shape index (κ3) is 10.6. The highest BCUT2D eigenvalue weighted by Crippen LogP contribution is 2.52. The summed E-state index contributed by atoms with van der Waals surface area (Å²) in [4.78, 5) is 9.79. The van der Waals surface area contributed by atoms with Gasteiger partial charge in [0.25, 0.3) is 0 Å². The van der Waals surface area contributed by atoms with Crippen LogP contribution in [-0.2, 0) is 0 Å². The van der Waals surface area contributed by atoms with Crippen molar-refractivity contribution in [3.05, 3.63) is 395 Å². The van der Waals surface area contributed by atoms with E-state index in [0.717, 1.165) is 194 Å². The maximum atomic E-state index is 4.90. The highest BCUT2D eigenvalue weighted by Gasteiger charge is 2.32. The summed E-state index contributed by atoms with van der Waals surface area (Å²) in [6.07, 6.45) is 3.76. The first-order valence-corrected chi connectivity index (χ1v) is 35.9. The van der Waals surface area contributed by atoms with Crippen LogP contribution in [0.3, 0.4) is 0 Å². The topological polar surface area (TPSA) is 40.6 Å². The number of fused-ring (bicyclic) bond motifs is 9. The lowest BCUT2D eigenvalue weighted by Gasteiger charge is -2.28. The molecule has 0 N–H and O–H groups in total. The molecule has 0 aliphatic rings. The van der Waals surface area contributed by atoms with Crippen molar-refractivity contribution >= 4 is 65.4 Å². The molecular formula is C100H65N5. The Bertz CT molecular complexity index is 6070. The Kier molecular flexibility index (Phi) is 14.8. The number of hydrogen-bond donors (Lipinski definition) is 0. The van der Waals surface area contributed by atoms with Gasteiger partial charge in [-0.3, -0.25) is 9.97 Å². The average molecular weight is 1340 g/mol. The zero-order valence-electron chi connectivity index (χ0n) is 57.3. The van der Waals surface area contributed by atoms with Crippen LogP contribution in [0.4, 0.5) is 0 Å². The van der Waals surface area contributed by atoms with Gasteiger partial charge in [-0.15, -0.1) is 0 Å². The molecule has 0 aliphatic heterocycles. The molecule has 0 unspecified atom stereocenters. The van der Waals surface area contributed by atoms with Crippen LogP contribution in [0.2, 0.25) is 0 Å². The van der Waals surface area contributed by atoms with Crippen LogP contribution in [-0.4, -0.2) is 23.7 Å². The Hall–Kier alpha value is -14.0. The lowest BCUT2D eigenvalue weighted by molar-refractivity contribution is 1.05. The lowest BCUT2D eigenvalue weighted by Crippen LogP contribution is -2.12. The lowest BCUT2D eigenvalue weighted by atomic mass is 9.91. The molecule has 5 nitrogen and oxygen atoms in total. The SMILES string of the molecule is c1ccc(-c2ccc3c(c2)c2cc(-c4ccccc4)ccc2n3-c2c(-c3ccc(-c4ccccn4)cc3)cc(-c3ccc(-c4ccccn4)cc3)c(-n3c4ccc(-c5ccccc5)cc4c4cc(-c5ccccc5)ccc43)c2-n2c3ccc(-c4ccccc4)cc3c3cc(-c4ccccc4)ccc32)cc1. The van der Waals surface area contributed by atoms with E-state index in [4.69, 9.17) is 9.97 Å². The molecular weight excluding hydrogens is 1270 g/mol. The summed E-state index contributed by atoms with van der Waals surface area (Å²) >= 11 is 0. The molecule has 0 bridgehead atoms. The molecule has 490 valence electrons. The first kappa shape index (κ1) is 60.9. The molecule has 20 rings (SSSR count). The van der Waals surface area contributed by atoms with Gasteiger partial charge in [-0.05, 0) is 181 Å². The second-order valence-electron chi connectivity index (χ2n) is 27.2. The fraction of sp³-hybridized carbons (Fsp3) is 0. The fourth-order valence-electron chi connectivity index (χ4n) is 16.1. The van der Waals surface area contributed by atoms with Crippen molar-refractivity contribution in [2.45, 2.75) is 0 Å². The van der Waals surface area contributed by atoms with Gasteiger partial charge in [0.2, 0.25) is 0 Å². The van der Waals surface area contributed by atoms with E-state index < -0.39 is 0 Å². The molecule has 0 radical (unpaired) electrons. The van der Waals surface area contributed by atoms with Gasteiger partial charge < -0.3 is 13.7 Å². The number of benzene rings is 15. The van der Waals surface area contributed by atoms with E-state index in [0.29, 0.717) is 0 Å². The standard InChI is InChI=1S/C100H65N5/c1-7-23-66(24-8-1)76-45-51-92-84(59-76)85-60-77(67-25-9-2-10-26-67)46-52-93(85)103(92)98-82(72-37-41-74(42-38-72)90-35-19-21-57-101-90)65-83(73-39-43-75(44-40-73)91-36-20-22-58-102-91)99(104-94-53-47-78(68-27-11-3-12-28-68)61-86(94)87-62-79(48-54-95(87)104)69-29-13-4-14-30-69)100(98)105-96-55-49-80(70-31-15-5-16-32-70)63-88(96)89-64-81(50-56-97(89)105)71-33-17-6-18-34-71/h1-65H. The predicted molar refractivity (Wildman–Crippen MR) is 439 cm³/mol. The molecule has 0 spiro atoms. The smallest absolute Gasteiger partial charge is 0.0959 e. The van der Waals surface area contributed by atoms with Crippen molar-refractivity contribution in [3.8, 4) is 129 Å². The van der Waals surface area contributed by atoms with Crippen LogP contribution in [0.15, 0.2) is 395 Å². The summed E-state index contributed by atoms with van der Waals surface area (Å²) in [6.45, 7) is 0. The van der Waals surface area contributed by atoms with Gasteiger partial charge in [0.15, 0.2) is 0 Å². The van der Waals surface area contributed by atoms with Crippen molar-refractivity contribution in [1.82, 2.24) is 23.7 Å². The maximum absolute atomic E-state index is 4.90. The molecule has 0 amide bonds. The van der Waals surface area contributed by atoms with E-state index in [1.54, 1.807) is 0 Å². The second-order valence-corrected chi connectivity index (χ2v) is 27.2. The molecule has 105 heavy (non-hydrogen) atoms. The Balaban J connectivity index is 1.02. The maximum Gasteiger partial charge on any atom is 0.0959 e. The number of aromatic nitrogens is 5. The van der Waals surface area contributed by atoms with Gasteiger partial charge in [-0.2, -0.15) is 0 Å². The molecule has 5 heterocycles. The molecule has 5 aromatic heterocycles. The van der Waals surface area contributed by atoms with Gasteiger partial charge in [0.1, 0.15) is 0 Å². The van der Waals surface area contributed by atoms with E-state index in [9.17, 15) is 0 Å². The number of nitrogens with zero attached hydrogens (tertiary/aromatic N) is 5. The normalized spacial score (nSPS) is 11.6. The highest BCUT2D eigenvalue weighted by atomic mass is 15.1. The van der Waals surface area contributed by atoms with Crippen LogP contribution in [0.25, 0.3) is 194 Å². The molecule has 0 fully saturated rings. The van der Waals surface area contributed by atoms with E-state index in [-0.39, 0.29) is 0 Å². The Labute approximate surface area is 608 Å². The predicted octanol–water partition coefficient (Wildman–Crippen LogP) is 26.4. The van der Waals surface area contributed by atoms with Crippen LogP contribution in [0.5, 0.6) is 0 Å². The van der Waals surface area contributed by atoms with Crippen molar-refractivity contribution in [3.63, 3.8) is 0 Å². The molecule has 0 aliphatic carbocycles. The van der Waals surface area contributed by atoms with E-state index in [1.807, 2.05) is 24.5 Å². The van der Waals surface area contributed by atoms with Crippen molar-refractivity contribution in [2.24, 2.45) is 0 Å². The van der Waals surface area contributed by atoms with Crippen molar-refractivity contribution in [1.29, 1.82) is 0 Å². The average Bonchev–Trinajstić information content (AvgIpc) is 1.56. The number of hydrogen-bond acceptors (Lipinski definition) is 2. The summed E-state index contributed by atoms with van der Waals surface area (Å²) in [5.74, 6) is 0. The highest BCUT2D eigenvalue weighted by molar-refractivity contribution is 6.18. The number of rotatable bonds is 13. The van der Waals surface area contributed by atoms with Gasteiger partial charge in [0.05, 0.1) is 61.6 Å². The molecule has 0 atom stereocenters. The van der Waals surface area contributed by atoms with Gasteiger partial charge in [-0.1, -0.05) is 279 Å². The van der Waals surface area contributed by atoms with Crippen LogP contribution in [0, 0.1) is 0 Å². The van der Waals surface area contributed by atoms with E-state index >= 15 is 0 Å². The minimum absolute atomic E-state index is 0.909. The minimum atomic E-state index is 0.909.